The van der Waals surface area contributed by atoms with E-state index in [-0.39, 0.29) is 0 Å². The zero-order valence-corrected chi connectivity index (χ0v) is 20.9. The second-order valence-corrected chi connectivity index (χ2v) is 8.15. The molecule has 0 aromatic carbocycles. The van der Waals surface area contributed by atoms with E-state index in [1.807, 2.05) is 13.8 Å². The lowest BCUT2D eigenvalue weighted by Crippen LogP contribution is -2.28. The smallest absolute Gasteiger partial charge is 0.329 e. The first-order chi connectivity index (χ1) is 17.5. The number of imidazole rings is 3. The average molecular weight is 509 g/mol. The highest BCUT2D eigenvalue weighted by Gasteiger charge is 2.09. The predicted octanol–water partition coefficient (Wildman–Crippen LogP) is -1.11. The van der Waals surface area contributed by atoms with Gasteiger partial charge in [-0.3, -0.25) is 28.7 Å². The number of aryl methyl sites for hydroxylation is 6. The van der Waals surface area contributed by atoms with Crippen LogP contribution in [0.1, 0.15) is 11.5 Å². The van der Waals surface area contributed by atoms with E-state index in [2.05, 4.69) is 39.9 Å². The zero-order chi connectivity index (χ0) is 27.0. The minimum Gasteiger partial charge on any atom is -0.329 e. The standard InChI is InChI=1S/2C7H8N4O2.C7H8N4/c2*1-10-3-8-5-4(10)6(12)9-7(13)11(5)2;1-4-6-7(9-3-8-6)11-5(2)10-4/h2*3H,1-2H3,(H,9,12,13);3H,1-2H3,(H,8,9,10,11). The molecule has 0 fully saturated rings. The summed E-state index contributed by atoms with van der Waals surface area (Å²) < 4.78 is 5.76. The summed E-state index contributed by atoms with van der Waals surface area (Å²) in [5.74, 6) is 0.777. The molecule has 37 heavy (non-hydrogen) atoms. The third kappa shape index (κ3) is 4.58. The van der Waals surface area contributed by atoms with Crippen LogP contribution in [0.5, 0.6) is 0 Å². The molecule has 0 unspecified atom stereocenters. The molecule has 3 N–H and O–H groups in total. The summed E-state index contributed by atoms with van der Waals surface area (Å²) >= 11 is 0. The first-order valence-corrected chi connectivity index (χ1v) is 10.8. The van der Waals surface area contributed by atoms with Gasteiger partial charge in [0.25, 0.3) is 11.1 Å². The molecule has 0 radical (unpaired) electrons. The van der Waals surface area contributed by atoms with Crippen molar-refractivity contribution in [2.24, 2.45) is 28.2 Å². The summed E-state index contributed by atoms with van der Waals surface area (Å²) in [6, 6.07) is 0. The Balaban J connectivity index is 0.000000130. The van der Waals surface area contributed by atoms with Crippen molar-refractivity contribution in [3.8, 4) is 0 Å². The molecule has 6 aromatic rings. The Morgan fingerprint density at radius 3 is 1.68 bits per heavy atom. The molecule has 6 rings (SSSR count). The normalized spacial score (nSPS) is 10.9. The summed E-state index contributed by atoms with van der Waals surface area (Å²) in [5.41, 5.74) is 2.50. The number of H-pyrrole nitrogens is 3. The maximum absolute atomic E-state index is 11.3. The van der Waals surface area contributed by atoms with Gasteiger partial charge < -0.3 is 14.1 Å². The molecular weight excluding hydrogens is 484 g/mol. The number of nitrogens with zero attached hydrogens (tertiary/aromatic N) is 9. The van der Waals surface area contributed by atoms with Crippen molar-refractivity contribution in [3.05, 3.63) is 72.2 Å². The van der Waals surface area contributed by atoms with Crippen LogP contribution in [0.3, 0.4) is 0 Å². The van der Waals surface area contributed by atoms with Gasteiger partial charge in [0, 0.05) is 28.2 Å². The van der Waals surface area contributed by atoms with E-state index < -0.39 is 22.5 Å². The van der Waals surface area contributed by atoms with Gasteiger partial charge in [-0.1, -0.05) is 0 Å². The van der Waals surface area contributed by atoms with Crippen molar-refractivity contribution in [2.75, 3.05) is 0 Å². The fourth-order valence-electron chi connectivity index (χ4n) is 3.64. The Morgan fingerprint density at radius 1 is 0.703 bits per heavy atom. The Morgan fingerprint density at radius 2 is 1.19 bits per heavy atom. The molecule has 16 nitrogen and oxygen atoms in total. The van der Waals surface area contributed by atoms with E-state index in [0.717, 1.165) is 22.7 Å². The van der Waals surface area contributed by atoms with E-state index in [4.69, 9.17) is 0 Å². The van der Waals surface area contributed by atoms with Crippen LogP contribution in [0.15, 0.2) is 38.2 Å². The molecular formula is C21H24N12O4. The highest BCUT2D eigenvalue weighted by Crippen LogP contribution is 2.08. The van der Waals surface area contributed by atoms with Crippen molar-refractivity contribution >= 4 is 33.5 Å². The van der Waals surface area contributed by atoms with Gasteiger partial charge in [0.1, 0.15) is 11.3 Å². The van der Waals surface area contributed by atoms with Gasteiger partial charge in [-0.25, -0.2) is 34.5 Å². The third-order valence-corrected chi connectivity index (χ3v) is 5.52. The van der Waals surface area contributed by atoms with Crippen molar-refractivity contribution in [1.29, 1.82) is 0 Å². The summed E-state index contributed by atoms with van der Waals surface area (Å²) in [6.45, 7) is 3.80. The minimum atomic E-state index is -0.448. The number of nitrogens with one attached hydrogen (secondary N) is 3. The fraction of sp³-hybridized carbons (Fsp3) is 0.286. The second-order valence-electron chi connectivity index (χ2n) is 8.15. The number of aromatic nitrogens is 12. The quantitative estimate of drug-likeness (QED) is 0.227. The predicted molar refractivity (Wildman–Crippen MR) is 134 cm³/mol. The number of hydrogen-bond acceptors (Lipinski definition) is 9. The van der Waals surface area contributed by atoms with Gasteiger partial charge in [0.05, 0.1) is 24.7 Å². The molecule has 0 saturated heterocycles. The molecule has 16 heteroatoms. The van der Waals surface area contributed by atoms with Gasteiger partial charge in [-0.15, -0.1) is 0 Å². The van der Waals surface area contributed by atoms with Crippen LogP contribution in [-0.2, 0) is 28.2 Å². The van der Waals surface area contributed by atoms with Crippen LogP contribution >= 0.6 is 0 Å². The van der Waals surface area contributed by atoms with Crippen LogP contribution < -0.4 is 22.5 Å². The number of aromatic amines is 3. The van der Waals surface area contributed by atoms with Gasteiger partial charge in [-0.05, 0) is 13.8 Å². The highest BCUT2D eigenvalue weighted by molar-refractivity contribution is 5.72. The summed E-state index contributed by atoms with van der Waals surface area (Å²) in [6.07, 6.45) is 4.63. The minimum absolute atomic E-state index is 0.399. The second kappa shape index (κ2) is 9.48. The lowest BCUT2D eigenvalue weighted by Gasteiger charge is -1.97. The lowest BCUT2D eigenvalue weighted by atomic mass is 10.4. The molecule has 0 saturated carbocycles. The van der Waals surface area contributed by atoms with E-state index in [0.29, 0.717) is 22.3 Å². The Bertz CT molecular complexity index is 1890. The van der Waals surface area contributed by atoms with E-state index in [1.54, 1.807) is 43.7 Å². The maximum atomic E-state index is 11.3. The van der Waals surface area contributed by atoms with Crippen LogP contribution in [0.2, 0.25) is 0 Å². The van der Waals surface area contributed by atoms with Crippen molar-refractivity contribution < 1.29 is 0 Å². The summed E-state index contributed by atoms with van der Waals surface area (Å²) in [5, 5.41) is 0. The molecule has 192 valence electrons. The largest absolute Gasteiger partial charge is 0.329 e. The number of fused-ring (bicyclic) bond motifs is 3. The van der Waals surface area contributed by atoms with Crippen LogP contribution in [-0.4, -0.2) is 58.1 Å². The molecule has 6 aromatic heterocycles. The molecule has 0 amide bonds. The molecule has 0 aliphatic rings. The lowest BCUT2D eigenvalue weighted by molar-refractivity contribution is 0.829. The monoisotopic (exact) mass is 508 g/mol. The summed E-state index contributed by atoms with van der Waals surface area (Å²) in [7, 11) is 6.53. The van der Waals surface area contributed by atoms with Crippen LogP contribution in [0.4, 0.5) is 0 Å². The van der Waals surface area contributed by atoms with Gasteiger partial charge in [-0.2, -0.15) is 0 Å². The van der Waals surface area contributed by atoms with Crippen molar-refractivity contribution in [1.82, 2.24) is 58.1 Å². The Hall–Kier alpha value is -5.15. The molecule has 0 bridgehead atoms. The van der Waals surface area contributed by atoms with Gasteiger partial charge in [0.2, 0.25) is 0 Å². The summed E-state index contributed by atoms with van der Waals surface area (Å²) in [4.78, 5) is 72.5. The molecule has 0 aliphatic carbocycles. The fourth-order valence-corrected chi connectivity index (χ4v) is 3.64. The van der Waals surface area contributed by atoms with E-state index >= 15 is 0 Å². The van der Waals surface area contributed by atoms with E-state index in [1.165, 1.54) is 21.8 Å². The average Bonchev–Trinajstić information content (AvgIpc) is 3.56. The zero-order valence-electron chi connectivity index (χ0n) is 20.9. The van der Waals surface area contributed by atoms with Gasteiger partial charge >= 0.3 is 11.4 Å². The van der Waals surface area contributed by atoms with Crippen LogP contribution in [0.25, 0.3) is 33.5 Å². The van der Waals surface area contributed by atoms with E-state index in [9.17, 15) is 19.2 Å². The Kier molecular flexibility index (Phi) is 6.39. The molecule has 0 aliphatic heterocycles. The molecule has 0 spiro atoms. The topological polar surface area (TPSA) is 200 Å². The Labute approximate surface area is 206 Å². The third-order valence-electron chi connectivity index (χ3n) is 5.52. The maximum Gasteiger partial charge on any atom is 0.329 e. The van der Waals surface area contributed by atoms with Gasteiger partial charge in [0.15, 0.2) is 28.0 Å². The van der Waals surface area contributed by atoms with Crippen molar-refractivity contribution in [3.63, 3.8) is 0 Å². The SMILES string of the molecule is Cc1nc(C)c2nc[nH]c2n1.Cn1cnc2c1c(=O)[nH]c(=O)n2C.Cn1cnc2c1c(=O)[nH]c(=O)n2C. The number of hydrogen-bond donors (Lipinski definition) is 3. The molecule has 0 atom stereocenters. The molecule has 6 heterocycles. The van der Waals surface area contributed by atoms with Crippen LogP contribution in [0, 0.1) is 13.8 Å². The number of rotatable bonds is 0. The first-order valence-electron chi connectivity index (χ1n) is 10.8. The van der Waals surface area contributed by atoms with Crippen molar-refractivity contribution in [2.45, 2.75) is 13.8 Å². The first kappa shape index (κ1) is 25.0. The highest BCUT2D eigenvalue weighted by atomic mass is 16.2.